The number of hydrogen-bond donors (Lipinski definition) is 0. The predicted octanol–water partition coefficient (Wildman–Crippen LogP) is 13.8. The topological polar surface area (TPSA) is 3.24 Å². The van der Waals surface area contributed by atoms with E-state index < -0.39 is 0 Å². The third-order valence-electron chi connectivity index (χ3n) is 11.6. The highest BCUT2D eigenvalue weighted by Gasteiger charge is 2.44. The summed E-state index contributed by atoms with van der Waals surface area (Å²) in [6.07, 6.45) is 0. The largest absolute Gasteiger partial charge is 0.310 e. The monoisotopic (exact) mass is 673 g/mol. The molecule has 1 nitrogen and oxygen atoms in total. The van der Waals surface area contributed by atoms with Gasteiger partial charge in [0, 0.05) is 23.2 Å². The highest BCUT2D eigenvalue weighted by molar-refractivity contribution is 6.09. The Kier molecular flexibility index (Phi) is 6.75. The van der Waals surface area contributed by atoms with Gasteiger partial charge in [-0.3, -0.25) is 0 Å². The van der Waals surface area contributed by atoms with E-state index in [9.17, 15) is 0 Å². The number of fused-ring (bicyclic) bond motifs is 3. The lowest BCUT2D eigenvalue weighted by Crippen LogP contribution is -2.30. The van der Waals surface area contributed by atoms with E-state index >= 15 is 0 Å². The standard InChI is InChI=1S/C52H35N/c1-3-13-34(14-4-1)35-25-28-39(29-26-35)53(40-30-27-38-24-23-37-17-7-8-18-41(37)47(38)33-40)48-32-31-42(36-15-5-2-6-16-36)51-49-43-19-9-11-21-45(43)50(52(48)51)46-22-12-10-20-44(46)49/h1-33,49-50H. The average molecular weight is 674 g/mol. The van der Waals surface area contributed by atoms with Gasteiger partial charge in [-0.05, 0) is 108 Å². The van der Waals surface area contributed by atoms with Crippen LogP contribution in [-0.4, -0.2) is 0 Å². The fourth-order valence-corrected chi connectivity index (χ4v) is 9.32. The zero-order valence-corrected chi connectivity index (χ0v) is 29.2. The average Bonchev–Trinajstić information content (AvgIpc) is 3.24. The van der Waals surface area contributed by atoms with Crippen LogP contribution in [0, 0.1) is 0 Å². The maximum absolute atomic E-state index is 2.52. The Hall–Kier alpha value is -6.70. The van der Waals surface area contributed by atoms with Crippen LogP contribution >= 0.6 is 0 Å². The molecule has 1 heteroatoms. The van der Waals surface area contributed by atoms with Crippen molar-refractivity contribution in [3.8, 4) is 22.3 Å². The summed E-state index contributed by atoms with van der Waals surface area (Å²) in [4.78, 5) is 2.52. The molecule has 3 aliphatic carbocycles. The zero-order chi connectivity index (χ0) is 34.9. The van der Waals surface area contributed by atoms with Gasteiger partial charge in [-0.25, -0.2) is 0 Å². The highest BCUT2D eigenvalue weighted by atomic mass is 15.1. The van der Waals surface area contributed by atoms with Gasteiger partial charge in [0.1, 0.15) is 0 Å². The van der Waals surface area contributed by atoms with Crippen molar-refractivity contribution >= 4 is 38.6 Å². The summed E-state index contributed by atoms with van der Waals surface area (Å²) in [6, 6.07) is 74.2. The van der Waals surface area contributed by atoms with Gasteiger partial charge in [0.25, 0.3) is 0 Å². The second-order valence-electron chi connectivity index (χ2n) is 14.4. The molecule has 0 saturated heterocycles. The Morgan fingerprint density at radius 3 is 1.47 bits per heavy atom. The van der Waals surface area contributed by atoms with Crippen LogP contribution in [0.2, 0.25) is 0 Å². The molecule has 0 unspecified atom stereocenters. The Labute approximate surface area is 310 Å². The molecule has 0 saturated carbocycles. The van der Waals surface area contributed by atoms with Crippen LogP contribution in [0.5, 0.6) is 0 Å². The third kappa shape index (κ3) is 4.64. The van der Waals surface area contributed by atoms with Gasteiger partial charge < -0.3 is 4.90 Å². The minimum absolute atomic E-state index is 0.105. The summed E-state index contributed by atoms with van der Waals surface area (Å²) in [5.74, 6) is 0.244. The van der Waals surface area contributed by atoms with Gasteiger partial charge in [-0.2, -0.15) is 0 Å². The van der Waals surface area contributed by atoms with Crippen LogP contribution in [0.1, 0.15) is 45.2 Å². The van der Waals surface area contributed by atoms with Gasteiger partial charge >= 0.3 is 0 Å². The lowest BCUT2D eigenvalue weighted by atomic mass is 9.59. The molecule has 0 amide bonds. The van der Waals surface area contributed by atoms with Crippen LogP contribution in [0.25, 0.3) is 43.8 Å². The fourth-order valence-electron chi connectivity index (χ4n) is 9.32. The van der Waals surface area contributed by atoms with Crippen molar-refractivity contribution in [2.75, 3.05) is 4.90 Å². The van der Waals surface area contributed by atoms with E-state index in [4.69, 9.17) is 0 Å². The third-order valence-corrected chi connectivity index (χ3v) is 11.6. The molecule has 0 radical (unpaired) electrons. The van der Waals surface area contributed by atoms with E-state index in [-0.39, 0.29) is 11.8 Å². The summed E-state index contributed by atoms with van der Waals surface area (Å²) in [6.45, 7) is 0. The lowest BCUT2D eigenvalue weighted by Gasteiger charge is -2.45. The summed E-state index contributed by atoms with van der Waals surface area (Å²) in [5, 5.41) is 5.04. The first-order valence-electron chi connectivity index (χ1n) is 18.6. The minimum atomic E-state index is 0.105. The zero-order valence-electron chi connectivity index (χ0n) is 29.2. The van der Waals surface area contributed by atoms with Crippen LogP contribution < -0.4 is 4.90 Å². The molecule has 12 rings (SSSR count). The van der Waals surface area contributed by atoms with Crippen LogP contribution in [0.15, 0.2) is 200 Å². The summed E-state index contributed by atoms with van der Waals surface area (Å²) in [5.41, 5.74) is 17.0. The molecule has 0 N–H and O–H groups in total. The Morgan fingerprint density at radius 1 is 0.321 bits per heavy atom. The van der Waals surface area contributed by atoms with Gasteiger partial charge in [-0.1, -0.05) is 170 Å². The number of benzene rings is 9. The van der Waals surface area contributed by atoms with Crippen molar-refractivity contribution in [3.63, 3.8) is 0 Å². The molecule has 248 valence electrons. The van der Waals surface area contributed by atoms with E-state index in [2.05, 4.69) is 205 Å². The molecule has 53 heavy (non-hydrogen) atoms. The van der Waals surface area contributed by atoms with Crippen LogP contribution in [-0.2, 0) is 0 Å². The Bertz CT molecular complexity index is 2790. The smallest absolute Gasteiger partial charge is 0.0506 e. The van der Waals surface area contributed by atoms with Crippen molar-refractivity contribution in [2.45, 2.75) is 11.8 Å². The first-order chi connectivity index (χ1) is 26.3. The second kappa shape index (κ2) is 11.9. The predicted molar refractivity (Wildman–Crippen MR) is 222 cm³/mol. The van der Waals surface area contributed by atoms with Crippen molar-refractivity contribution in [1.29, 1.82) is 0 Å². The molecule has 9 aromatic rings. The van der Waals surface area contributed by atoms with Gasteiger partial charge in [0.05, 0.1) is 5.69 Å². The SMILES string of the molecule is c1ccc(-c2ccc(N(c3ccc4ccc5ccccc5c4c3)c3ccc(-c4ccccc4)c4c3C3c5ccccc5C4c4ccccc43)cc2)cc1. The van der Waals surface area contributed by atoms with Crippen molar-refractivity contribution in [3.05, 3.63) is 234 Å². The molecule has 0 heterocycles. The number of hydrogen-bond acceptors (Lipinski definition) is 1. The molecule has 9 aromatic carbocycles. The van der Waals surface area contributed by atoms with E-state index in [0.29, 0.717) is 0 Å². The van der Waals surface area contributed by atoms with E-state index in [1.54, 1.807) is 0 Å². The molecule has 2 bridgehead atoms. The Morgan fingerprint density at radius 2 is 0.811 bits per heavy atom. The molecule has 0 aliphatic heterocycles. The molecule has 0 atom stereocenters. The molecule has 0 spiro atoms. The normalized spacial score (nSPS) is 15.2. The number of anilines is 3. The first kappa shape index (κ1) is 30.0. The highest BCUT2D eigenvalue weighted by Crippen LogP contribution is 2.61. The second-order valence-corrected chi connectivity index (χ2v) is 14.4. The van der Waals surface area contributed by atoms with E-state index in [1.807, 2.05) is 0 Å². The van der Waals surface area contributed by atoms with Crippen molar-refractivity contribution in [1.82, 2.24) is 0 Å². The fraction of sp³-hybridized carbons (Fsp3) is 0.0385. The van der Waals surface area contributed by atoms with Crippen molar-refractivity contribution in [2.24, 2.45) is 0 Å². The lowest BCUT2D eigenvalue weighted by molar-refractivity contribution is 0.755. The van der Waals surface area contributed by atoms with Crippen molar-refractivity contribution < 1.29 is 0 Å². The van der Waals surface area contributed by atoms with Crippen LogP contribution in [0.4, 0.5) is 17.1 Å². The summed E-state index contributed by atoms with van der Waals surface area (Å²) < 4.78 is 0. The molecule has 0 fully saturated rings. The summed E-state index contributed by atoms with van der Waals surface area (Å²) >= 11 is 0. The van der Waals surface area contributed by atoms with Crippen LogP contribution in [0.3, 0.4) is 0 Å². The quantitative estimate of drug-likeness (QED) is 0.164. The maximum atomic E-state index is 2.52. The number of rotatable bonds is 5. The number of nitrogens with zero attached hydrogens (tertiary/aromatic N) is 1. The van der Waals surface area contributed by atoms with Gasteiger partial charge in [0.2, 0.25) is 0 Å². The molecular formula is C52H35N. The minimum Gasteiger partial charge on any atom is -0.310 e. The molecular weight excluding hydrogens is 639 g/mol. The van der Waals surface area contributed by atoms with Gasteiger partial charge in [0.15, 0.2) is 0 Å². The van der Waals surface area contributed by atoms with E-state index in [1.165, 1.54) is 82.9 Å². The Balaban J connectivity index is 1.21. The molecule has 3 aliphatic rings. The summed E-state index contributed by atoms with van der Waals surface area (Å²) in [7, 11) is 0. The van der Waals surface area contributed by atoms with Gasteiger partial charge in [-0.15, -0.1) is 0 Å². The first-order valence-corrected chi connectivity index (χ1v) is 18.6. The maximum Gasteiger partial charge on any atom is 0.0506 e. The van der Waals surface area contributed by atoms with E-state index in [0.717, 1.165) is 11.4 Å². The molecule has 0 aromatic heterocycles.